The van der Waals surface area contributed by atoms with Crippen molar-refractivity contribution < 1.29 is 14.2 Å². The third-order valence-electron chi connectivity index (χ3n) is 3.59. The number of benzene rings is 1. The van der Waals surface area contributed by atoms with Crippen LogP contribution >= 0.6 is 0 Å². The normalized spacial score (nSPS) is 17.9. The molecule has 120 valence electrons. The molecule has 0 bridgehead atoms. The lowest BCUT2D eigenvalue weighted by molar-refractivity contribution is 0.132. The minimum absolute atomic E-state index is 0.379. The van der Waals surface area contributed by atoms with E-state index in [2.05, 4.69) is 10.3 Å². The van der Waals surface area contributed by atoms with Gasteiger partial charge in [0.1, 0.15) is 0 Å². The first-order valence-electron chi connectivity index (χ1n) is 7.85. The Morgan fingerprint density at radius 1 is 1.27 bits per heavy atom. The van der Waals surface area contributed by atoms with Gasteiger partial charge in [-0.15, -0.1) is 0 Å². The van der Waals surface area contributed by atoms with E-state index in [1.54, 1.807) is 0 Å². The van der Waals surface area contributed by atoms with Crippen molar-refractivity contribution in [3.8, 4) is 11.5 Å². The standard InChI is InChI=1S/C16H23N3O3/c17-16(18-6-9-20-11-12-2-3-12)19-13-4-5-14-15(10-13)22-8-1-7-21-14/h4-5,10,12H,1-3,6-9,11H2,(H3,17,18,19). The van der Waals surface area contributed by atoms with Crippen molar-refractivity contribution in [1.82, 2.24) is 0 Å². The fourth-order valence-corrected chi connectivity index (χ4v) is 2.19. The van der Waals surface area contributed by atoms with Gasteiger partial charge in [0.15, 0.2) is 17.5 Å². The average molecular weight is 305 g/mol. The summed E-state index contributed by atoms with van der Waals surface area (Å²) in [5, 5.41) is 3.06. The molecule has 3 rings (SSSR count). The number of fused-ring (bicyclic) bond motifs is 1. The van der Waals surface area contributed by atoms with E-state index in [0.29, 0.717) is 32.3 Å². The van der Waals surface area contributed by atoms with E-state index in [0.717, 1.165) is 36.1 Å². The van der Waals surface area contributed by atoms with Crippen LogP contribution < -0.4 is 20.5 Å². The smallest absolute Gasteiger partial charge is 0.193 e. The number of nitrogens with zero attached hydrogens (tertiary/aromatic N) is 1. The Morgan fingerprint density at radius 2 is 2.09 bits per heavy atom. The SMILES string of the molecule is NC(=NCCOCC1CC1)Nc1ccc2c(c1)OCCCO2. The van der Waals surface area contributed by atoms with Crippen molar-refractivity contribution in [3.63, 3.8) is 0 Å². The van der Waals surface area contributed by atoms with E-state index in [4.69, 9.17) is 19.9 Å². The first kappa shape index (κ1) is 15.0. The highest BCUT2D eigenvalue weighted by molar-refractivity contribution is 5.92. The Hall–Kier alpha value is -1.95. The van der Waals surface area contributed by atoms with Gasteiger partial charge in [-0.1, -0.05) is 0 Å². The van der Waals surface area contributed by atoms with E-state index in [1.165, 1.54) is 12.8 Å². The molecule has 1 aliphatic carbocycles. The van der Waals surface area contributed by atoms with Gasteiger partial charge in [-0.2, -0.15) is 0 Å². The van der Waals surface area contributed by atoms with Crippen LogP contribution in [0.5, 0.6) is 11.5 Å². The maximum absolute atomic E-state index is 5.88. The Bertz CT molecular complexity index is 529. The number of guanidine groups is 1. The summed E-state index contributed by atoms with van der Waals surface area (Å²) in [6.07, 6.45) is 3.50. The van der Waals surface area contributed by atoms with Crippen LogP contribution in [0.4, 0.5) is 5.69 Å². The van der Waals surface area contributed by atoms with Gasteiger partial charge in [-0.05, 0) is 30.9 Å². The summed E-state index contributed by atoms with van der Waals surface area (Å²) in [5.74, 6) is 2.67. The topological polar surface area (TPSA) is 78.1 Å². The lowest BCUT2D eigenvalue weighted by Gasteiger charge is -2.10. The van der Waals surface area contributed by atoms with Crippen molar-refractivity contribution in [2.45, 2.75) is 19.3 Å². The summed E-state index contributed by atoms with van der Waals surface area (Å²) < 4.78 is 16.8. The molecule has 2 aliphatic rings. The molecule has 0 amide bonds. The molecule has 1 aromatic carbocycles. The van der Waals surface area contributed by atoms with Crippen LogP contribution in [0.15, 0.2) is 23.2 Å². The third kappa shape index (κ3) is 4.53. The number of nitrogens with two attached hydrogens (primary N) is 1. The number of ether oxygens (including phenoxy) is 3. The molecule has 6 heteroatoms. The summed E-state index contributed by atoms with van der Waals surface area (Å²) in [4.78, 5) is 4.25. The monoisotopic (exact) mass is 305 g/mol. The fraction of sp³-hybridized carbons (Fsp3) is 0.562. The molecule has 22 heavy (non-hydrogen) atoms. The van der Waals surface area contributed by atoms with Gasteiger partial charge in [0.05, 0.1) is 26.4 Å². The first-order valence-corrected chi connectivity index (χ1v) is 7.85. The second-order valence-electron chi connectivity index (χ2n) is 5.62. The molecule has 0 unspecified atom stereocenters. The van der Waals surface area contributed by atoms with Crippen molar-refractivity contribution in [1.29, 1.82) is 0 Å². The molecular formula is C16H23N3O3. The molecule has 1 fully saturated rings. The van der Waals surface area contributed by atoms with Crippen LogP contribution in [-0.4, -0.2) is 38.9 Å². The minimum atomic E-state index is 0.379. The van der Waals surface area contributed by atoms with Gasteiger partial charge in [0.2, 0.25) is 0 Å². The van der Waals surface area contributed by atoms with Gasteiger partial charge in [-0.3, -0.25) is 4.99 Å². The molecular weight excluding hydrogens is 282 g/mol. The highest BCUT2D eigenvalue weighted by atomic mass is 16.5. The zero-order valence-corrected chi connectivity index (χ0v) is 12.7. The zero-order chi connectivity index (χ0) is 15.2. The number of rotatable bonds is 6. The number of aliphatic imine (C=N–C) groups is 1. The van der Waals surface area contributed by atoms with Crippen LogP contribution in [0.1, 0.15) is 19.3 Å². The van der Waals surface area contributed by atoms with Crippen LogP contribution in [0, 0.1) is 5.92 Å². The van der Waals surface area contributed by atoms with E-state index in [1.807, 2.05) is 18.2 Å². The van der Waals surface area contributed by atoms with Crippen molar-refractivity contribution >= 4 is 11.6 Å². The van der Waals surface area contributed by atoms with E-state index in [-0.39, 0.29) is 0 Å². The quantitative estimate of drug-likeness (QED) is 0.477. The molecule has 0 spiro atoms. The Balaban J connectivity index is 1.47. The number of hydrogen-bond acceptors (Lipinski definition) is 4. The summed E-state index contributed by atoms with van der Waals surface area (Å²) in [6, 6.07) is 5.67. The minimum Gasteiger partial charge on any atom is -0.490 e. The molecule has 1 aromatic rings. The van der Waals surface area contributed by atoms with E-state index in [9.17, 15) is 0 Å². The van der Waals surface area contributed by atoms with Crippen molar-refractivity contribution in [2.75, 3.05) is 38.3 Å². The van der Waals surface area contributed by atoms with Crippen molar-refractivity contribution in [2.24, 2.45) is 16.6 Å². The first-order chi connectivity index (χ1) is 10.8. The fourth-order valence-electron chi connectivity index (χ4n) is 2.19. The summed E-state index contributed by atoms with van der Waals surface area (Å²) in [6.45, 7) is 3.38. The number of anilines is 1. The summed E-state index contributed by atoms with van der Waals surface area (Å²) >= 11 is 0. The van der Waals surface area contributed by atoms with Gasteiger partial charge >= 0.3 is 0 Å². The molecule has 0 saturated heterocycles. The van der Waals surface area contributed by atoms with Gasteiger partial charge in [0, 0.05) is 24.8 Å². The van der Waals surface area contributed by atoms with Crippen LogP contribution in [0.2, 0.25) is 0 Å². The largest absolute Gasteiger partial charge is 0.490 e. The lowest BCUT2D eigenvalue weighted by Crippen LogP contribution is -2.23. The highest BCUT2D eigenvalue weighted by Gasteiger charge is 2.20. The zero-order valence-electron chi connectivity index (χ0n) is 12.7. The number of hydrogen-bond donors (Lipinski definition) is 2. The molecule has 1 heterocycles. The predicted octanol–water partition coefficient (Wildman–Crippen LogP) is 2.00. The second kappa shape index (κ2) is 7.35. The predicted molar refractivity (Wildman–Crippen MR) is 85.7 cm³/mol. The Kier molecular flexibility index (Phi) is 5.00. The van der Waals surface area contributed by atoms with Crippen LogP contribution in [0.3, 0.4) is 0 Å². The molecule has 0 atom stereocenters. The Labute approximate surface area is 130 Å². The van der Waals surface area contributed by atoms with Crippen LogP contribution in [0.25, 0.3) is 0 Å². The maximum Gasteiger partial charge on any atom is 0.193 e. The average Bonchev–Trinajstić information content (AvgIpc) is 3.33. The molecule has 1 aliphatic heterocycles. The lowest BCUT2D eigenvalue weighted by atomic mass is 10.3. The Morgan fingerprint density at radius 3 is 2.91 bits per heavy atom. The molecule has 0 aromatic heterocycles. The van der Waals surface area contributed by atoms with Gasteiger partial charge in [0.25, 0.3) is 0 Å². The third-order valence-corrected chi connectivity index (χ3v) is 3.59. The summed E-state index contributed by atoms with van der Waals surface area (Å²) in [5.41, 5.74) is 6.72. The van der Waals surface area contributed by atoms with Crippen LogP contribution in [-0.2, 0) is 4.74 Å². The van der Waals surface area contributed by atoms with Gasteiger partial charge < -0.3 is 25.3 Å². The van der Waals surface area contributed by atoms with Gasteiger partial charge in [-0.25, -0.2) is 0 Å². The molecule has 6 nitrogen and oxygen atoms in total. The summed E-state index contributed by atoms with van der Waals surface area (Å²) in [7, 11) is 0. The van der Waals surface area contributed by atoms with E-state index < -0.39 is 0 Å². The number of nitrogens with one attached hydrogen (secondary N) is 1. The highest BCUT2D eigenvalue weighted by Crippen LogP contribution is 2.32. The van der Waals surface area contributed by atoms with Crippen molar-refractivity contribution in [3.05, 3.63) is 18.2 Å². The molecule has 3 N–H and O–H groups in total. The molecule has 0 radical (unpaired) electrons. The van der Waals surface area contributed by atoms with E-state index >= 15 is 0 Å². The second-order valence-corrected chi connectivity index (χ2v) is 5.62. The maximum atomic E-state index is 5.88. The molecule has 1 saturated carbocycles.